The molecule has 2 saturated carbocycles. The van der Waals surface area contributed by atoms with Gasteiger partial charge in [0, 0.05) is 17.5 Å². The number of hydrogen-bond acceptors (Lipinski definition) is 4. The molecule has 0 saturated heterocycles. The fourth-order valence-electron chi connectivity index (χ4n) is 6.34. The average Bonchev–Trinajstić information content (AvgIpc) is 3.51. The number of aromatic nitrogens is 3. The Morgan fingerprint density at radius 1 is 1.03 bits per heavy atom. The van der Waals surface area contributed by atoms with Crippen molar-refractivity contribution in [3.8, 4) is 11.6 Å². The molecule has 0 unspecified atom stereocenters. The molecular weight excluding hydrogens is 407 g/mol. The molecule has 2 aromatic heterocycles. The molecule has 166 valence electrons. The van der Waals surface area contributed by atoms with E-state index in [0.717, 1.165) is 32.1 Å². The molecule has 2 atom stereocenters. The zero-order valence-corrected chi connectivity index (χ0v) is 18.0. The van der Waals surface area contributed by atoms with Gasteiger partial charge in [-0.2, -0.15) is 4.98 Å². The van der Waals surface area contributed by atoms with Crippen molar-refractivity contribution in [2.45, 2.75) is 69.4 Å². The van der Waals surface area contributed by atoms with E-state index in [1.165, 1.54) is 37.8 Å². The molecule has 2 aliphatic carbocycles. The highest BCUT2D eigenvalue weighted by molar-refractivity contribution is 6.06. The molecule has 2 fully saturated rings. The number of amides is 1. The van der Waals surface area contributed by atoms with Crippen LogP contribution >= 0.6 is 0 Å². The van der Waals surface area contributed by atoms with Crippen molar-refractivity contribution < 1.29 is 13.6 Å². The molecule has 1 aliphatic heterocycles. The third-order valence-electron chi connectivity index (χ3n) is 7.75. The summed E-state index contributed by atoms with van der Waals surface area (Å²) in [5.74, 6) is 1.60. The number of fused-ring (bicyclic) bond motifs is 4. The Morgan fingerprint density at radius 3 is 2.56 bits per heavy atom. The SMILES string of the molecule is O=C(c1ccc(F)cc1)N1c2nc(-c3ccco3)nn2C2(CCCCC2)[C@@H]2CCCC[C@@H]21. The van der Waals surface area contributed by atoms with Gasteiger partial charge in [-0.1, -0.05) is 32.1 Å². The quantitative estimate of drug-likeness (QED) is 0.530. The molecule has 0 radical (unpaired) electrons. The average molecular weight is 435 g/mol. The smallest absolute Gasteiger partial charge is 0.260 e. The van der Waals surface area contributed by atoms with Crippen molar-refractivity contribution in [3.05, 3.63) is 54.0 Å². The summed E-state index contributed by atoms with van der Waals surface area (Å²) in [6.45, 7) is 0. The minimum atomic E-state index is -0.347. The predicted molar refractivity (Wildman–Crippen MR) is 118 cm³/mol. The summed E-state index contributed by atoms with van der Waals surface area (Å²) in [6.07, 6.45) is 11.7. The lowest BCUT2D eigenvalue weighted by atomic mass is 9.64. The molecule has 3 aromatic rings. The minimum Gasteiger partial charge on any atom is -0.461 e. The summed E-state index contributed by atoms with van der Waals surface area (Å²) >= 11 is 0. The Morgan fingerprint density at radius 2 is 1.81 bits per heavy atom. The van der Waals surface area contributed by atoms with E-state index in [2.05, 4.69) is 4.68 Å². The van der Waals surface area contributed by atoms with E-state index in [9.17, 15) is 9.18 Å². The lowest BCUT2D eigenvalue weighted by molar-refractivity contribution is 0.0314. The predicted octanol–water partition coefficient (Wildman–Crippen LogP) is 5.56. The highest BCUT2D eigenvalue weighted by Crippen LogP contribution is 2.53. The van der Waals surface area contributed by atoms with E-state index in [4.69, 9.17) is 14.5 Å². The van der Waals surface area contributed by atoms with Crippen LogP contribution in [0.25, 0.3) is 11.6 Å². The van der Waals surface area contributed by atoms with Crippen LogP contribution in [0.3, 0.4) is 0 Å². The van der Waals surface area contributed by atoms with Crippen molar-refractivity contribution in [2.75, 3.05) is 4.90 Å². The summed E-state index contributed by atoms with van der Waals surface area (Å²) in [6, 6.07) is 9.58. The first-order chi connectivity index (χ1) is 15.7. The zero-order valence-electron chi connectivity index (χ0n) is 18.0. The maximum absolute atomic E-state index is 13.8. The van der Waals surface area contributed by atoms with Gasteiger partial charge in [0.2, 0.25) is 11.8 Å². The Labute approximate surface area is 186 Å². The van der Waals surface area contributed by atoms with Crippen molar-refractivity contribution in [1.82, 2.24) is 14.8 Å². The Bertz CT molecular complexity index is 1120. The van der Waals surface area contributed by atoms with E-state index >= 15 is 0 Å². The number of hydrogen-bond donors (Lipinski definition) is 0. The largest absolute Gasteiger partial charge is 0.461 e. The van der Waals surface area contributed by atoms with Gasteiger partial charge in [-0.15, -0.1) is 5.10 Å². The van der Waals surface area contributed by atoms with Gasteiger partial charge in [0.05, 0.1) is 11.8 Å². The van der Waals surface area contributed by atoms with Gasteiger partial charge in [0.25, 0.3) is 5.91 Å². The van der Waals surface area contributed by atoms with Crippen LogP contribution in [0.2, 0.25) is 0 Å². The van der Waals surface area contributed by atoms with E-state index in [1.54, 1.807) is 18.4 Å². The van der Waals surface area contributed by atoms with Crippen LogP contribution in [-0.2, 0) is 5.54 Å². The minimum absolute atomic E-state index is 0.0838. The van der Waals surface area contributed by atoms with Crippen LogP contribution in [0, 0.1) is 11.7 Å². The summed E-state index contributed by atoms with van der Waals surface area (Å²) in [5.41, 5.74) is 0.375. The molecule has 32 heavy (non-hydrogen) atoms. The molecule has 0 N–H and O–H groups in total. The number of nitrogens with zero attached hydrogens (tertiary/aromatic N) is 4. The van der Waals surface area contributed by atoms with E-state index in [1.807, 2.05) is 17.0 Å². The summed E-state index contributed by atoms with van der Waals surface area (Å²) in [7, 11) is 0. The molecule has 1 spiro atoms. The highest BCUT2D eigenvalue weighted by Gasteiger charge is 2.55. The lowest BCUT2D eigenvalue weighted by Gasteiger charge is -2.55. The second kappa shape index (κ2) is 7.57. The number of benzene rings is 1. The first-order valence-corrected chi connectivity index (χ1v) is 11.8. The number of halogens is 1. The van der Waals surface area contributed by atoms with Gasteiger partial charge in [-0.25, -0.2) is 9.07 Å². The van der Waals surface area contributed by atoms with Crippen LogP contribution in [-0.4, -0.2) is 26.7 Å². The van der Waals surface area contributed by atoms with Crippen molar-refractivity contribution in [2.24, 2.45) is 5.92 Å². The fourth-order valence-corrected chi connectivity index (χ4v) is 6.34. The standard InChI is InChI=1S/C25H27FN4O2/c26-18-12-10-17(11-13-18)23(31)29-20-8-3-2-7-19(20)25(14-4-1-5-15-25)30-24(29)27-22(28-30)21-9-6-16-32-21/h6,9-13,16,19-20H,1-5,7-8,14-15H2/t19-,20+/m1/s1. The van der Waals surface area contributed by atoms with Crippen LogP contribution in [0.15, 0.2) is 47.1 Å². The van der Waals surface area contributed by atoms with Gasteiger partial charge < -0.3 is 4.42 Å². The van der Waals surface area contributed by atoms with Gasteiger partial charge in [0.1, 0.15) is 5.82 Å². The van der Waals surface area contributed by atoms with Crippen molar-refractivity contribution in [1.29, 1.82) is 0 Å². The van der Waals surface area contributed by atoms with Crippen LogP contribution in [0.5, 0.6) is 0 Å². The molecule has 6 rings (SSSR count). The lowest BCUT2D eigenvalue weighted by Crippen LogP contribution is -2.61. The maximum Gasteiger partial charge on any atom is 0.260 e. The van der Waals surface area contributed by atoms with E-state index < -0.39 is 0 Å². The van der Waals surface area contributed by atoms with E-state index in [0.29, 0.717) is 29.0 Å². The van der Waals surface area contributed by atoms with Gasteiger partial charge in [-0.05, 0) is 62.1 Å². The molecule has 3 aliphatic rings. The molecule has 3 heterocycles. The maximum atomic E-state index is 13.8. The number of carbonyl (C=O) groups excluding carboxylic acids is 1. The van der Waals surface area contributed by atoms with Crippen LogP contribution in [0.4, 0.5) is 10.3 Å². The first kappa shape index (κ1) is 19.7. The second-order valence-electron chi connectivity index (χ2n) is 9.43. The number of anilines is 1. The summed E-state index contributed by atoms with van der Waals surface area (Å²) < 4.78 is 21.2. The number of furan rings is 1. The Balaban J connectivity index is 1.53. The Kier molecular flexibility index (Phi) is 4.66. The molecule has 0 bridgehead atoms. The molecule has 6 nitrogen and oxygen atoms in total. The van der Waals surface area contributed by atoms with Crippen molar-refractivity contribution >= 4 is 11.9 Å². The van der Waals surface area contributed by atoms with Gasteiger partial charge >= 0.3 is 0 Å². The molecular formula is C25H27FN4O2. The molecule has 1 aromatic carbocycles. The summed E-state index contributed by atoms with van der Waals surface area (Å²) in [4.78, 5) is 20.5. The molecule has 1 amide bonds. The number of carbonyl (C=O) groups is 1. The zero-order chi connectivity index (χ0) is 21.7. The van der Waals surface area contributed by atoms with Gasteiger partial charge in [-0.3, -0.25) is 9.69 Å². The topological polar surface area (TPSA) is 64.2 Å². The van der Waals surface area contributed by atoms with Gasteiger partial charge in [0.15, 0.2) is 5.76 Å². The van der Waals surface area contributed by atoms with E-state index in [-0.39, 0.29) is 23.3 Å². The van der Waals surface area contributed by atoms with Crippen LogP contribution in [0.1, 0.15) is 68.1 Å². The van der Waals surface area contributed by atoms with Crippen LogP contribution < -0.4 is 4.90 Å². The third-order valence-corrected chi connectivity index (χ3v) is 7.75. The third kappa shape index (κ3) is 2.93. The normalized spacial score (nSPS) is 24.2. The molecule has 7 heteroatoms. The number of rotatable bonds is 2. The fraction of sp³-hybridized carbons (Fsp3) is 0.480. The van der Waals surface area contributed by atoms with Crippen molar-refractivity contribution in [3.63, 3.8) is 0 Å². The Hall–Kier alpha value is -2.96. The summed E-state index contributed by atoms with van der Waals surface area (Å²) in [5, 5.41) is 4.96. The second-order valence-corrected chi connectivity index (χ2v) is 9.43. The monoisotopic (exact) mass is 434 g/mol. The first-order valence-electron chi connectivity index (χ1n) is 11.8. The highest BCUT2D eigenvalue weighted by atomic mass is 19.1.